The van der Waals surface area contributed by atoms with Crippen molar-refractivity contribution in [2.75, 3.05) is 19.4 Å². The van der Waals surface area contributed by atoms with Gasteiger partial charge in [0.15, 0.2) is 0 Å². The Morgan fingerprint density at radius 3 is 2.17 bits per heavy atom. The molecular weight excluding hydrogens is 524 g/mol. The van der Waals surface area contributed by atoms with Crippen molar-refractivity contribution in [2.24, 2.45) is 5.41 Å². The molecule has 0 saturated carbocycles. The molecule has 2 aromatic rings. The van der Waals surface area contributed by atoms with Crippen molar-refractivity contribution in [2.45, 2.75) is 70.4 Å². The van der Waals surface area contributed by atoms with Gasteiger partial charge in [0.25, 0.3) is 0 Å². The number of alkyl carbamates (subject to hydrolysis) is 1. The smallest absolute Gasteiger partial charge is 0.408 e. The van der Waals surface area contributed by atoms with Crippen LogP contribution in [0.4, 0.5) is 4.79 Å². The average molecular weight is 567 g/mol. The molecule has 0 aliphatic carbocycles. The van der Waals surface area contributed by atoms with Crippen LogP contribution in [0.25, 0.3) is 11.1 Å². The van der Waals surface area contributed by atoms with Gasteiger partial charge in [0.2, 0.25) is 5.91 Å². The first-order valence-corrected chi connectivity index (χ1v) is 14.5. The highest BCUT2D eigenvalue weighted by molar-refractivity contribution is 8.00. The minimum Gasteiger partial charge on any atom is -0.467 e. The Bertz CT molecular complexity index is 1200. The lowest BCUT2D eigenvalue weighted by atomic mass is 9.85. The molecule has 0 aromatic heterocycles. The first kappa shape index (κ1) is 31.3. The van der Waals surface area contributed by atoms with Crippen molar-refractivity contribution in [3.63, 3.8) is 0 Å². The third-order valence-electron chi connectivity index (χ3n) is 6.85. The van der Waals surface area contributed by atoms with E-state index in [0.717, 1.165) is 16.7 Å². The van der Waals surface area contributed by atoms with E-state index in [4.69, 9.17) is 9.47 Å². The van der Waals surface area contributed by atoms with Gasteiger partial charge in [-0.05, 0) is 49.3 Å². The van der Waals surface area contributed by atoms with Crippen LogP contribution in [0.3, 0.4) is 0 Å². The van der Waals surface area contributed by atoms with E-state index in [1.165, 1.54) is 7.11 Å². The fourth-order valence-electron chi connectivity index (χ4n) is 4.90. The molecule has 0 spiro atoms. The number of hydrogen-bond acceptors (Lipinski definition) is 6. The number of nitrogens with one attached hydrogen (secondary N) is 1. The van der Waals surface area contributed by atoms with Crippen LogP contribution in [-0.2, 0) is 23.8 Å². The van der Waals surface area contributed by atoms with Crippen molar-refractivity contribution in [1.82, 2.24) is 10.2 Å². The Labute approximate surface area is 242 Å². The Morgan fingerprint density at radius 1 is 1.05 bits per heavy atom. The Balaban J connectivity index is 2.00. The summed E-state index contributed by atoms with van der Waals surface area (Å²) in [5, 5.41) is 2.78. The van der Waals surface area contributed by atoms with Crippen molar-refractivity contribution in [3.05, 3.63) is 72.8 Å². The SMILES string of the molecule is C=CCSC1(c2ccc(-c3ccccc3)cc2)CC(C(=O)OC)N(C(=O)[C@@H](NC(=O)OC(C)(C)C)C(C)(C)C)C1. The summed E-state index contributed by atoms with van der Waals surface area (Å²) in [7, 11) is 1.33. The number of hydrogen-bond donors (Lipinski definition) is 1. The minimum atomic E-state index is -0.921. The van der Waals surface area contributed by atoms with Crippen LogP contribution in [0, 0.1) is 5.41 Å². The Hall–Kier alpha value is -3.26. The molecule has 216 valence electrons. The van der Waals surface area contributed by atoms with E-state index in [-0.39, 0.29) is 12.5 Å². The normalized spacial score (nSPS) is 20.0. The molecule has 2 aromatic carbocycles. The highest BCUT2D eigenvalue weighted by Gasteiger charge is 2.52. The summed E-state index contributed by atoms with van der Waals surface area (Å²) in [5.74, 6) is -0.203. The molecule has 0 radical (unpaired) electrons. The van der Waals surface area contributed by atoms with Gasteiger partial charge in [-0.3, -0.25) is 4.79 Å². The number of thioether (sulfide) groups is 1. The van der Waals surface area contributed by atoms with Crippen LogP contribution >= 0.6 is 11.8 Å². The lowest BCUT2D eigenvalue weighted by molar-refractivity contribution is -0.152. The van der Waals surface area contributed by atoms with Crippen LogP contribution in [-0.4, -0.2) is 60.0 Å². The lowest BCUT2D eigenvalue weighted by Crippen LogP contribution is -2.57. The molecule has 1 heterocycles. The largest absolute Gasteiger partial charge is 0.467 e. The molecule has 1 N–H and O–H groups in total. The molecule has 0 bridgehead atoms. The monoisotopic (exact) mass is 566 g/mol. The highest BCUT2D eigenvalue weighted by atomic mass is 32.2. The van der Waals surface area contributed by atoms with Crippen molar-refractivity contribution in [1.29, 1.82) is 0 Å². The van der Waals surface area contributed by atoms with Crippen LogP contribution < -0.4 is 5.32 Å². The number of methoxy groups -OCH3 is 1. The van der Waals surface area contributed by atoms with Gasteiger partial charge < -0.3 is 19.7 Å². The van der Waals surface area contributed by atoms with Crippen LogP contribution in [0.15, 0.2) is 67.3 Å². The maximum Gasteiger partial charge on any atom is 0.408 e. The maximum absolute atomic E-state index is 14.2. The van der Waals surface area contributed by atoms with E-state index in [0.29, 0.717) is 12.2 Å². The second-order valence-corrected chi connectivity index (χ2v) is 13.6. The van der Waals surface area contributed by atoms with E-state index in [1.54, 1.807) is 37.4 Å². The third-order valence-corrected chi connectivity index (χ3v) is 8.34. The zero-order valence-electron chi connectivity index (χ0n) is 24.7. The predicted octanol–water partition coefficient (Wildman–Crippen LogP) is 6.18. The zero-order chi connectivity index (χ0) is 29.7. The van der Waals surface area contributed by atoms with Crippen molar-refractivity contribution < 1.29 is 23.9 Å². The molecule has 1 fully saturated rings. The van der Waals surface area contributed by atoms with Crippen LogP contribution in [0.5, 0.6) is 0 Å². The predicted molar refractivity (Wildman–Crippen MR) is 161 cm³/mol. The number of ether oxygens (including phenoxy) is 2. The molecule has 2 unspecified atom stereocenters. The quantitative estimate of drug-likeness (QED) is 0.303. The molecule has 3 rings (SSSR count). The standard InChI is InChI=1S/C32H42N2O5S/c1-9-19-40-32(24-17-15-23(16-18-24)22-13-11-10-12-14-22)20-25(28(36)38-8)34(21-32)27(35)26(30(2,3)4)33-29(37)39-31(5,6)7/h9-18,25-26H,1,19-21H2,2-8H3,(H,33,37)/t25?,26-,32?/m1/s1. The van der Waals surface area contributed by atoms with Gasteiger partial charge in [0, 0.05) is 12.3 Å². The van der Waals surface area contributed by atoms with Gasteiger partial charge in [-0.25, -0.2) is 9.59 Å². The number of benzene rings is 2. The molecule has 3 atom stereocenters. The number of carbonyl (C=O) groups excluding carboxylic acids is 3. The van der Waals surface area contributed by atoms with E-state index in [1.807, 2.05) is 45.0 Å². The molecular formula is C32H42N2O5S. The van der Waals surface area contributed by atoms with E-state index < -0.39 is 39.9 Å². The molecule has 1 saturated heterocycles. The zero-order valence-corrected chi connectivity index (χ0v) is 25.5. The Kier molecular flexibility index (Phi) is 9.77. The summed E-state index contributed by atoms with van der Waals surface area (Å²) in [6.07, 6.45) is 1.51. The second-order valence-electron chi connectivity index (χ2n) is 12.2. The molecule has 7 nitrogen and oxygen atoms in total. The number of carbonyl (C=O) groups is 3. The Morgan fingerprint density at radius 2 is 1.65 bits per heavy atom. The van der Waals surface area contributed by atoms with E-state index in [9.17, 15) is 14.4 Å². The first-order chi connectivity index (χ1) is 18.7. The van der Waals surface area contributed by atoms with Gasteiger partial charge >= 0.3 is 12.1 Å². The van der Waals surface area contributed by atoms with Gasteiger partial charge in [-0.15, -0.1) is 18.3 Å². The van der Waals surface area contributed by atoms with Crippen LogP contribution in [0.1, 0.15) is 53.5 Å². The number of likely N-dealkylation sites (tertiary alicyclic amines) is 1. The van der Waals surface area contributed by atoms with Crippen molar-refractivity contribution in [3.8, 4) is 11.1 Å². The lowest BCUT2D eigenvalue weighted by Gasteiger charge is -2.36. The minimum absolute atomic E-state index is 0.275. The average Bonchev–Trinajstić information content (AvgIpc) is 3.30. The maximum atomic E-state index is 14.2. The fraction of sp³-hybridized carbons (Fsp3) is 0.469. The molecule has 1 aliphatic rings. The summed E-state index contributed by atoms with van der Waals surface area (Å²) in [4.78, 5) is 41.6. The van der Waals surface area contributed by atoms with Gasteiger partial charge in [0.05, 0.1) is 11.9 Å². The molecule has 40 heavy (non-hydrogen) atoms. The summed E-state index contributed by atoms with van der Waals surface area (Å²) < 4.78 is 10.0. The second kappa shape index (κ2) is 12.5. The summed E-state index contributed by atoms with van der Waals surface area (Å²) in [6.45, 7) is 15.1. The summed E-state index contributed by atoms with van der Waals surface area (Å²) >= 11 is 1.65. The topological polar surface area (TPSA) is 84.9 Å². The van der Waals surface area contributed by atoms with Crippen LogP contribution in [0.2, 0.25) is 0 Å². The fourth-order valence-corrected chi connectivity index (χ4v) is 6.15. The number of rotatable bonds is 8. The number of esters is 1. The highest BCUT2D eigenvalue weighted by Crippen LogP contribution is 2.48. The first-order valence-electron chi connectivity index (χ1n) is 13.5. The van der Waals surface area contributed by atoms with Gasteiger partial charge in [-0.2, -0.15) is 0 Å². The molecule has 2 amide bonds. The molecule has 8 heteroatoms. The summed E-state index contributed by atoms with van der Waals surface area (Å²) in [6, 6.07) is 16.7. The van der Waals surface area contributed by atoms with Gasteiger partial charge in [0.1, 0.15) is 17.7 Å². The van der Waals surface area contributed by atoms with Crippen molar-refractivity contribution >= 4 is 29.7 Å². The molecule has 1 aliphatic heterocycles. The van der Waals surface area contributed by atoms with E-state index >= 15 is 0 Å². The summed E-state index contributed by atoms with van der Waals surface area (Å²) in [5.41, 5.74) is 1.83. The number of nitrogens with zero attached hydrogens (tertiary/aromatic N) is 1. The number of amides is 2. The third kappa shape index (κ3) is 7.47. The van der Waals surface area contributed by atoms with E-state index in [2.05, 4.69) is 48.3 Å². The van der Waals surface area contributed by atoms with Gasteiger partial charge in [-0.1, -0.05) is 81.4 Å².